The third-order valence-corrected chi connectivity index (χ3v) is 0.289. The first kappa shape index (κ1) is 56.2. The monoisotopic (exact) mass is 453 g/mol. The molecular weight excluding hydrogens is 408 g/mol. The maximum absolute atomic E-state index is 9.05. The van der Waals surface area contributed by atoms with Crippen molar-refractivity contribution in [3.05, 3.63) is 0 Å². The van der Waals surface area contributed by atoms with Gasteiger partial charge in [-0.3, -0.25) is 0 Å². The van der Waals surface area contributed by atoms with E-state index in [1.165, 1.54) is 0 Å². The summed E-state index contributed by atoms with van der Waals surface area (Å²) in [7, 11) is 5.00. The topological polar surface area (TPSA) is 129 Å². The predicted molar refractivity (Wildman–Crippen MR) is 102 cm³/mol. The van der Waals surface area contributed by atoms with Crippen molar-refractivity contribution in [3.63, 3.8) is 0 Å². The zero-order valence-corrected chi connectivity index (χ0v) is 24.4. The van der Waals surface area contributed by atoms with E-state index in [1.807, 2.05) is 0 Å². The van der Waals surface area contributed by atoms with Gasteiger partial charge >= 0.3 is 154 Å². The molecule has 0 heterocycles. The van der Waals surface area contributed by atoms with Crippen LogP contribution in [0.4, 0.5) is 0 Å². The number of nitrogens with two attached hydrogens (primary N) is 3. The summed E-state index contributed by atoms with van der Waals surface area (Å²) >= 11 is 0. The predicted octanol–water partition coefficient (Wildman–Crippen LogP) is -9.14. The molecule has 6 N–H and O–H groups in total. The van der Waals surface area contributed by atoms with Gasteiger partial charge in [0.2, 0.25) is 0 Å². The van der Waals surface area contributed by atoms with Gasteiger partial charge in [-0.25, -0.2) is 0 Å². The summed E-state index contributed by atoms with van der Waals surface area (Å²) in [4.78, 5) is 27.1. The van der Waals surface area contributed by atoms with E-state index >= 15 is 0 Å². The van der Waals surface area contributed by atoms with Crippen LogP contribution in [0, 0.1) is 0 Å². The molecule has 0 bridgehead atoms. The molecule has 0 radical (unpaired) electrons. The van der Waals surface area contributed by atoms with Gasteiger partial charge in [0, 0.05) is 19.6 Å². The Balaban J connectivity index is -0.00000000472. The molecule has 0 saturated carbocycles. The minimum Gasteiger partial charge on any atom is -1.00 e. The average Bonchev–Trinajstić information content (AvgIpc) is 2.53. The molecular formula is C9H39K3N3O3P3. The van der Waals surface area contributed by atoms with Gasteiger partial charge in [0.25, 0.3) is 0 Å². The Hall–Kier alpha value is 5.09. The van der Waals surface area contributed by atoms with Crippen LogP contribution in [-0.2, 0) is 14.4 Å². The summed E-state index contributed by atoms with van der Waals surface area (Å²) in [5, 5.41) is 0. The van der Waals surface area contributed by atoms with E-state index in [1.54, 1.807) is 29.5 Å². The number of carbonyl (C=O) groups excluding carboxylic acids is 3. The molecule has 3 atom stereocenters. The second-order valence-electron chi connectivity index (χ2n) is 1.21. The Morgan fingerprint density at radius 2 is 0.714 bits per heavy atom. The van der Waals surface area contributed by atoms with E-state index in [0.29, 0.717) is 18.9 Å². The molecule has 0 amide bonds. The standard InChI is InChI=1S/3C2H5NO.3CH4.3K.3H3P.3H/c3*3-1-2-4;;;;;;;;;;;;/h3*2H,1,3H2;3*1H4;;;;3*1H3;;;/q;;;;;;3*+1;;;;3*-1/i;;;;;;;;;3*1T;;;. The maximum atomic E-state index is 9.05. The van der Waals surface area contributed by atoms with E-state index < -0.39 is 0 Å². The van der Waals surface area contributed by atoms with E-state index in [9.17, 15) is 0 Å². The molecule has 6 nitrogen and oxygen atoms in total. The fourth-order valence-corrected chi connectivity index (χ4v) is 0. The molecule has 0 aromatic rings. The second kappa shape index (κ2) is 118. The fraction of sp³-hybridized carbons (Fsp3) is 0.667. The molecule has 3 unspecified atom stereocenters. The quantitative estimate of drug-likeness (QED) is 0.221. The molecule has 0 rings (SSSR count). The number of hydrogen-bond donors (Lipinski definition) is 3. The molecule has 0 spiro atoms. The Kier molecular flexibility index (Phi) is 317. The smallest absolute Gasteiger partial charge is 1.00 e. The van der Waals surface area contributed by atoms with Gasteiger partial charge in [0.1, 0.15) is 18.9 Å². The van der Waals surface area contributed by atoms with Crippen LogP contribution in [0.5, 0.6) is 0 Å². The Bertz CT molecular complexity index is 126. The van der Waals surface area contributed by atoms with Crippen LogP contribution in [0.3, 0.4) is 0 Å². The Labute approximate surface area is 278 Å². The molecule has 0 fully saturated rings. The first-order valence-corrected chi connectivity index (χ1v) is 3.16. The third kappa shape index (κ3) is 204. The number of rotatable bonds is 3. The fourth-order valence-electron chi connectivity index (χ4n) is 0. The summed E-state index contributed by atoms with van der Waals surface area (Å²) in [5.41, 5.74) is 14.0. The summed E-state index contributed by atoms with van der Waals surface area (Å²) in [6.45, 7) is 0.417. The molecule has 0 aliphatic rings. The SMILES string of the molecule is C.C.C.NCC=O.NCC=O.NCC=O.[3H]P.[3H]P.[3H]P.[H-].[H-].[H-].[K+].[K+].[K+]. The van der Waals surface area contributed by atoms with Crippen molar-refractivity contribution < 1.29 is 173 Å². The van der Waals surface area contributed by atoms with Crippen LogP contribution in [-0.4, -0.2) is 42.3 Å². The van der Waals surface area contributed by atoms with Crippen LogP contribution < -0.4 is 171 Å². The zero-order chi connectivity index (χ0) is 16.2. The summed E-state index contributed by atoms with van der Waals surface area (Å²) < 4.78 is 17.0. The average molecular weight is 454 g/mol. The Morgan fingerprint density at radius 3 is 0.714 bits per heavy atom. The van der Waals surface area contributed by atoms with Crippen molar-refractivity contribution in [2.24, 2.45) is 17.2 Å². The van der Waals surface area contributed by atoms with Gasteiger partial charge in [0.05, 0.1) is 3.84 Å². The molecule has 12 heteroatoms. The zero-order valence-electron chi connectivity index (χ0n) is 17.5. The van der Waals surface area contributed by atoms with Gasteiger partial charge in [0.15, 0.2) is 0 Å². The van der Waals surface area contributed by atoms with Crippen LogP contribution in [0.1, 0.15) is 26.6 Å². The van der Waals surface area contributed by atoms with Gasteiger partial charge < -0.3 is 35.9 Å². The molecule has 21 heavy (non-hydrogen) atoms. The Morgan fingerprint density at radius 1 is 0.667 bits per heavy atom. The van der Waals surface area contributed by atoms with Crippen molar-refractivity contribution in [3.8, 4) is 0 Å². The van der Waals surface area contributed by atoms with Crippen molar-refractivity contribution in [1.82, 2.24) is 0 Å². The first-order chi connectivity index (χ1) is 8.74. The second-order valence-corrected chi connectivity index (χ2v) is 1.21. The maximum Gasteiger partial charge on any atom is 1.00 e. The van der Waals surface area contributed by atoms with Crippen molar-refractivity contribution in [2.45, 2.75) is 22.3 Å². The summed E-state index contributed by atoms with van der Waals surface area (Å²) in [5.74, 6) is 0. The molecule has 0 aliphatic carbocycles. The van der Waals surface area contributed by atoms with Gasteiger partial charge in [-0.15, -0.1) is 0 Å². The molecule has 0 aliphatic heterocycles. The van der Waals surface area contributed by atoms with E-state index in [2.05, 4.69) is 17.2 Å². The van der Waals surface area contributed by atoms with Crippen LogP contribution >= 0.6 is 29.5 Å². The van der Waals surface area contributed by atoms with Crippen molar-refractivity contribution in [1.29, 1.82) is 3.84 Å². The van der Waals surface area contributed by atoms with Crippen molar-refractivity contribution >= 4 is 48.4 Å². The van der Waals surface area contributed by atoms with E-state index in [0.717, 1.165) is 0 Å². The summed E-state index contributed by atoms with van der Waals surface area (Å²) in [6, 6.07) is 0. The minimum absolute atomic E-state index is 0. The molecule has 126 valence electrons. The van der Waals surface area contributed by atoms with Crippen LogP contribution in [0.25, 0.3) is 0 Å². The first-order valence-electron chi connectivity index (χ1n) is 4.89. The number of carbonyl (C=O) groups is 3. The van der Waals surface area contributed by atoms with Gasteiger partial charge in [-0.1, -0.05) is 22.3 Å². The van der Waals surface area contributed by atoms with Crippen LogP contribution in [0.2, 0.25) is 0 Å². The normalized spacial score (nSPS) is 4.57. The third-order valence-electron chi connectivity index (χ3n) is 0.289. The summed E-state index contributed by atoms with van der Waals surface area (Å²) in [6.07, 6.45) is 1.96. The molecule has 0 aromatic heterocycles. The minimum atomic E-state index is 0. The molecule has 0 saturated heterocycles. The number of hydrogen-bond acceptors (Lipinski definition) is 6. The molecule has 0 aromatic carbocycles. The van der Waals surface area contributed by atoms with Crippen LogP contribution in [0.15, 0.2) is 0 Å². The van der Waals surface area contributed by atoms with E-state index in [4.69, 9.17) is 18.2 Å². The largest absolute Gasteiger partial charge is 1.00 e. The van der Waals surface area contributed by atoms with E-state index in [-0.39, 0.29) is 200 Å². The number of aldehydes is 3. The van der Waals surface area contributed by atoms with Crippen molar-refractivity contribution in [2.75, 3.05) is 19.6 Å². The van der Waals surface area contributed by atoms with Gasteiger partial charge in [-0.2, -0.15) is 29.5 Å². The van der Waals surface area contributed by atoms with Gasteiger partial charge in [-0.05, 0) is 0 Å².